The van der Waals surface area contributed by atoms with Gasteiger partial charge in [-0.1, -0.05) is 0 Å². The van der Waals surface area contributed by atoms with Gasteiger partial charge in [-0.05, 0) is 6.21 Å². The van der Waals surface area contributed by atoms with Crippen LogP contribution in [0.2, 0.25) is 0 Å². The Labute approximate surface area is 64.5 Å². The van der Waals surface area contributed by atoms with E-state index in [4.69, 9.17) is 16.9 Å². The van der Waals surface area contributed by atoms with Crippen molar-refractivity contribution < 1.29 is 0 Å². The van der Waals surface area contributed by atoms with Crippen molar-refractivity contribution in [3.8, 4) is 0 Å². The smallest absolute Gasteiger partial charge is 0.145 e. The lowest BCUT2D eigenvalue weighted by Gasteiger charge is -1.99. The predicted molar refractivity (Wildman–Crippen MR) is 44.5 cm³/mol. The van der Waals surface area contributed by atoms with E-state index >= 15 is 0 Å². The summed E-state index contributed by atoms with van der Waals surface area (Å²) in [6.45, 7) is 0.618. The molecule has 0 radical (unpaired) electrons. The number of anilines is 2. The van der Waals surface area contributed by atoms with Crippen molar-refractivity contribution in [2.75, 3.05) is 11.5 Å². The quantitative estimate of drug-likeness (QED) is 0.537. The van der Waals surface area contributed by atoms with E-state index in [2.05, 4.69) is 5.10 Å². The van der Waals surface area contributed by atoms with E-state index in [0.29, 0.717) is 24.5 Å². The van der Waals surface area contributed by atoms with Crippen LogP contribution in [0.15, 0.2) is 6.20 Å². The number of aryl methyl sites for hydroxylation is 1. The fourth-order valence-corrected chi connectivity index (χ4v) is 0.774. The molecule has 0 aromatic carbocycles. The van der Waals surface area contributed by atoms with Crippen LogP contribution in [0.4, 0.5) is 11.5 Å². The third kappa shape index (κ3) is 1.49. The Morgan fingerprint density at radius 2 is 2.36 bits per heavy atom. The summed E-state index contributed by atoms with van der Waals surface area (Å²) in [5.41, 5.74) is 11.5. The van der Waals surface area contributed by atoms with Crippen molar-refractivity contribution >= 4 is 17.7 Å². The molecular weight excluding hydrogens is 142 g/mol. The van der Waals surface area contributed by atoms with E-state index in [1.165, 1.54) is 12.4 Å². The van der Waals surface area contributed by atoms with Crippen LogP contribution in [-0.4, -0.2) is 16.0 Å². The Balaban J connectivity index is 2.70. The van der Waals surface area contributed by atoms with Crippen LogP contribution >= 0.6 is 0 Å². The molecule has 1 rings (SSSR count). The molecule has 11 heavy (non-hydrogen) atoms. The van der Waals surface area contributed by atoms with Gasteiger partial charge in [-0.3, -0.25) is 0 Å². The number of nitrogens with one attached hydrogen (secondary N) is 1. The van der Waals surface area contributed by atoms with Crippen LogP contribution in [0.1, 0.15) is 6.42 Å². The summed E-state index contributed by atoms with van der Waals surface area (Å²) < 4.78 is 1.58. The molecule has 0 saturated carbocycles. The molecule has 0 spiro atoms. The molecule has 5 heteroatoms. The van der Waals surface area contributed by atoms with Gasteiger partial charge >= 0.3 is 0 Å². The van der Waals surface area contributed by atoms with Crippen LogP contribution < -0.4 is 11.5 Å². The second kappa shape index (κ2) is 3.05. The zero-order valence-corrected chi connectivity index (χ0v) is 6.12. The summed E-state index contributed by atoms with van der Waals surface area (Å²) >= 11 is 0. The lowest BCUT2D eigenvalue weighted by molar-refractivity contribution is 0.646. The fourth-order valence-electron chi connectivity index (χ4n) is 0.774. The van der Waals surface area contributed by atoms with Crippen LogP contribution in [0.25, 0.3) is 0 Å². The maximum atomic E-state index is 6.79. The average Bonchev–Trinajstić information content (AvgIpc) is 2.31. The van der Waals surface area contributed by atoms with Crippen molar-refractivity contribution in [3.63, 3.8) is 0 Å². The molecule has 1 aromatic heterocycles. The van der Waals surface area contributed by atoms with Gasteiger partial charge in [-0.25, -0.2) is 4.68 Å². The first-order valence-corrected chi connectivity index (χ1v) is 3.31. The van der Waals surface area contributed by atoms with E-state index in [1.807, 2.05) is 0 Å². The second-order valence-corrected chi connectivity index (χ2v) is 2.20. The van der Waals surface area contributed by atoms with Gasteiger partial charge in [0.15, 0.2) is 0 Å². The van der Waals surface area contributed by atoms with Crippen molar-refractivity contribution in [1.82, 2.24) is 9.78 Å². The van der Waals surface area contributed by atoms with Crippen molar-refractivity contribution in [3.05, 3.63) is 6.20 Å². The van der Waals surface area contributed by atoms with E-state index in [-0.39, 0.29) is 0 Å². The summed E-state index contributed by atoms with van der Waals surface area (Å²) in [4.78, 5) is 0. The van der Waals surface area contributed by atoms with E-state index in [0.717, 1.165) is 0 Å². The van der Waals surface area contributed by atoms with E-state index < -0.39 is 0 Å². The Hall–Kier alpha value is -1.52. The van der Waals surface area contributed by atoms with Crippen LogP contribution in [-0.2, 0) is 6.54 Å². The molecule has 1 heterocycles. The summed E-state index contributed by atoms with van der Waals surface area (Å²) in [5.74, 6) is 0.479. The molecule has 0 unspecified atom stereocenters. The molecule has 1 aromatic rings. The third-order valence-corrected chi connectivity index (χ3v) is 1.40. The SMILES string of the molecule is N=CCCn1ncc(N)c1N. The second-order valence-electron chi connectivity index (χ2n) is 2.20. The molecule has 0 atom stereocenters. The highest BCUT2D eigenvalue weighted by molar-refractivity contribution is 5.57. The highest BCUT2D eigenvalue weighted by Gasteiger charge is 2.01. The zero-order chi connectivity index (χ0) is 8.27. The maximum Gasteiger partial charge on any atom is 0.145 e. The summed E-state index contributed by atoms with van der Waals surface area (Å²) in [6.07, 6.45) is 3.46. The first-order chi connectivity index (χ1) is 5.25. The van der Waals surface area contributed by atoms with Gasteiger partial charge < -0.3 is 16.9 Å². The fraction of sp³-hybridized carbons (Fsp3) is 0.333. The topological polar surface area (TPSA) is 93.7 Å². The maximum absolute atomic E-state index is 6.79. The highest BCUT2D eigenvalue weighted by atomic mass is 15.3. The normalized spacial score (nSPS) is 9.82. The summed E-state index contributed by atoms with van der Waals surface area (Å²) in [6, 6.07) is 0. The van der Waals surface area contributed by atoms with Gasteiger partial charge in [0.1, 0.15) is 5.82 Å². The molecule has 5 nitrogen and oxygen atoms in total. The van der Waals surface area contributed by atoms with E-state index in [1.54, 1.807) is 4.68 Å². The Bertz CT molecular complexity index is 251. The highest BCUT2D eigenvalue weighted by Crippen LogP contribution is 2.11. The summed E-state index contributed by atoms with van der Waals surface area (Å²) in [5, 5.41) is 10.7. The molecule has 0 aliphatic heterocycles. The first-order valence-electron chi connectivity index (χ1n) is 3.31. The van der Waals surface area contributed by atoms with Crippen LogP contribution in [0, 0.1) is 5.41 Å². The van der Waals surface area contributed by atoms with Crippen molar-refractivity contribution in [2.45, 2.75) is 13.0 Å². The van der Waals surface area contributed by atoms with Gasteiger partial charge in [-0.15, -0.1) is 0 Å². The average molecular weight is 153 g/mol. The summed E-state index contributed by atoms with van der Waals surface area (Å²) in [7, 11) is 0. The number of hydrogen-bond donors (Lipinski definition) is 3. The molecular formula is C6H11N5. The Kier molecular flexibility index (Phi) is 2.10. The lowest BCUT2D eigenvalue weighted by atomic mass is 10.4. The Morgan fingerprint density at radius 3 is 2.82 bits per heavy atom. The molecule has 0 aliphatic rings. The molecule has 5 N–H and O–H groups in total. The van der Waals surface area contributed by atoms with Crippen molar-refractivity contribution in [1.29, 1.82) is 5.41 Å². The van der Waals surface area contributed by atoms with Gasteiger partial charge in [-0.2, -0.15) is 5.10 Å². The minimum atomic E-state index is 0.479. The monoisotopic (exact) mass is 153 g/mol. The molecule has 0 bridgehead atoms. The number of nitrogens with two attached hydrogens (primary N) is 2. The minimum absolute atomic E-state index is 0.479. The van der Waals surface area contributed by atoms with Gasteiger partial charge in [0.2, 0.25) is 0 Å². The Morgan fingerprint density at radius 1 is 1.64 bits per heavy atom. The molecule has 60 valence electrons. The van der Waals surface area contributed by atoms with Crippen molar-refractivity contribution in [2.24, 2.45) is 0 Å². The zero-order valence-electron chi connectivity index (χ0n) is 6.12. The largest absolute Gasteiger partial charge is 0.394 e. The third-order valence-electron chi connectivity index (χ3n) is 1.40. The van der Waals surface area contributed by atoms with Gasteiger partial charge in [0.05, 0.1) is 11.9 Å². The lowest BCUT2D eigenvalue weighted by Crippen LogP contribution is -2.05. The molecule has 0 aliphatic carbocycles. The number of rotatable bonds is 3. The standard InChI is InChI=1S/C6H11N5/c7-2-1-3-11-6(9)5(8)4-10-11/h2,4,7H,1,3,8-9H2. The number of hydrogen-bond acceptors (Lipinski definition) is 4. The number of nitrogens with zero attached hydrogens (tertiary/aromatic N) is 2. The molecule has 0 amide bonds. The van der Waals surface area contributed by atoms with Gasteiger partial charge in [0, 0.05) is 13.0 Å². The van der Waals surface area contributed by atoms with Crippen LogP contribution in [0.3, 0.4) is 0 Å². The predicted octanol–water partition coefficient (Wildman–Crippen LogP) is 0.0872. The van der Waals surface area contributed by atoms with Gasteiger partial charge in [0.25, 0.3) is 0 Å². The first kappa shape index (κ1) is 7.59. The van der Waals surface area contributed by atoms with Crippen LogP contribution in [0.5, 0.6) is 0 Å². The van der Waals surface area contributed by atoms with E-state index in [9.17, 15) is 0 Å². The molecule has 0 saturated heterocycles. The number of aromatic nitrogens is 2. The molecule has 0 fully saturated rings. The number of nitrogen functional groups attached to an aromatic ring is 2. The minimum Gasteiger partial charge on any atom is -0.394 e.